The van der Waals surface area contributed by atoms with Gasteiger partial charge in [-0.1, -0.05) is 23.7 Å². The van der Waals surface area contributed by atoms with Crippen LogP contribution in [0.15, 0.2) is 58.4 Å². The Morgan fingerprint density at radius 2 is 1.89 bits per heavy atom. The standard InChI is InChI=1S/C33H42ClFN10O2/c1-20(36)4-2-5-21-16-25(28(35)26(34)17-21)27-18-23-19-45(33(47)43-30(23)42-27)24-8-6-22(7-9-24)29(40-10-3-11-41-32(37)38)31(46)44-14-12-39-13-15-44/h6-9,16-20,29,39-40H,2-5,10-15,36H2,1H3,(H4,37,38,41)(H,42,43,47)/t20-,29+/m0/s1. The van der Waals surface area contributed by atoms with Crippen LogP contribution < -0.4 is 33.5 Å². The largest absolute Gasteiger partial charge is 0.370 e. The predicted molar refractivity (Wildman–Crippen MR) is 184 cm³/mol. The molecule has 2 aromatic carbocycles. The fraction of sp³-hybridized carbons (Fsp3) is 0.394. The number of aromatic nitrogens is 3. The van der Waals surface area contributed by atoms with Crippen LogP contribution in [0, 0.1) is 5.82 Å². The van der Waals surface area contributed by atoms with Gasteiger partial charge in [-0.2, -0.15) is 4.98 Å². The monoisotopic (exact) mass is 664 g/mol. The minimum Gasteiger partial charge on any atom is -0.370 e. The molecule has 0 radical (unpaired) electrons. The van der Waals surface area contributed by atoms with Gasteiger partial charge in [0, 0.05) is 55.9 Å². The summed E-state index contributed by atoms with van der Waals surface area (Å²) < 4.78 is 16.6. The van der Waals surface area contributed by atoms with Gasteiger partial charge >= 0.3 is 5.69 Å². The summed E-state index contributed by atoms with van der Waals surface area (Å²) in [6.07, 6.45) is 4.72. The van der Waals surface area contributed by atoms with Crippen LogP contribution in [0.3, 0.4) is 0 Å². The Kier molecular flexibility index (Phi) is 11.2. The molecular weight excluding hydrogens is 623 g/mol. The Labute approximate surface area is 277 Å². The van der Waals surface area contributed by atoms with E-state index in [1.807, 2.05) is 24.0 Å². The van der Waals surface area contributed by atoms with Gasteiger partial charge in [0.1, 0.15) is 11.7 Å². The van der Waals surface area contributed by atoms with Gasteiger partial charge in [0.05, 0.1) is 16.4 Å². The first-order chi connectivity index (χ1) is 22.6. The van der Waals surface area contributed by atoms with Gasteiger partial charge in [-0.3, -0.25) is 14.4 Å². The molecule has 1 fully saturated rings. The number of halogens is 2. The van der Waals surface area contributed by atoms with Crippen molar-refractivity contribution in [2.75, 3.05) is 39.3 Å². The Balaban J connectivity index is 1.39. The number of hydrogen-bond acceptors (Lipinski definition) is 7. The molecule has 5 rings (SSSR count). The molecule has 0 saturated carbocycles. The molecule has 1 aliphatic heterocycles. The molecule has 47 heavy (non-hydrogen) atoms. The molecule has 1 saturated heterocycles. The number of carbonyl (C=O) groups is 1. The molecule has 2 aromatic heterocycles. The van der Waals surface area contributed by atoms with Gasteiger partial charge in [-0.05, 0) is 80.6 Å². The van der Waals surface area contributed by atoms with E-state index in [0.29, 0.717) is 67.0 Å². The molecule has 1 aliphatic rings. The van der Waals surface area contributed by atoms with Crippen molar-refractivity contribution in [3.8, 4) is 16.9 Å². The number of fused-ring (bicyclic) bond motifs is 1. The molecular formula is C33H42ClFN10O2. The molecule has 0 bridgehead atoms. The third kappa shape index (κ3) is 8.55. The van der Waals surface area contributed by atoms with Gasteiger partial charge in [-0.25, -0.2) is 9.18 Å². The van der Waals surface area contributed by atoms with Crippen LogP contribution in [-0.4, -0.2) is 76.6 Å². The van der Waals surface area contributed by atoms with E-state index in [1.54, 1.807) is 36.5 Å². The minimum absolute atomic E-state index is 0.0217. The van der Waals surface area contributed by atoms with Crippen LogP contribution in [0.2, 0.25) is 5.02 Å². The van der Waals surface area contributed by atoms with Crippen LogP contribution in [0.4, 0.5) is 4.39 Å². The maximum Gasteiger partial charge on any atom is 0.354 e. The summed E-state index contributed by atoms with van der Waals surface area (Å²) in [6, 6.07) is 11.9. The molecule has 1 amide bonds. The number of nitrogens with zero attached hydrogens (tertiary/aromatic N) is 4. The summed E-state index contributed by atoms with van der Waals surface area (Å²) in [6.45, 7) is 5.64. The number of hydrogen-bond donors (Lipinski definition) is 6. The van der Waals surface area contributed by atoms with Crippen LogP contribution in [0.1, 0.15) is 43.4 Å². The molecule has 2 atom stereocenters. The molecule has 3 heterocycles. The smallest absolute Gasteiger partial charge is 0.354 e. The highest BCUT2D eigenvalue weighted by Crippen LogP contribution is 2.31. The highest BCUT2D eigenvalue weighted by atomic mass is 35.5. The zero-order valence-corrected chi connectivity index (χ0v) is 27.2. The van der Waals surface area contributed by atoms with Crippen LogP contribution >= 0.6 is 11.6 Å². The second-order valence-electron chi connectivity index (χ2n) is 11.9. The molecule has 0 aliphatic carbocycles. The van der Waals surface area contributed by atoms with Crippen LogP contribution in [0.25, 0.3) is 28.0 Å². The molecule has 250 valence electrons. The van der Waals surface area contributed by atoms with E-state index in [4.69, 9.17) is 28.8 Å². The first kappa shape index (κ1) is 34.0. The van der Waals surface area contributed by atoms with E-state index in [0.717, 1.165) is 37.1 Å². The number of nitrogens with two attached hydrogens (primary N) is 3. The van der Waals surface area contributed by atoms with Crippen molar-refractivity contribution >= 4 is 34.5 Å². The molecule has 0 unspecified atom stereocenters. The minimum atomic E-state index is -0.581. The first-order valence-corrected chi connectivity index (χ1v) is 16.2. The number of aromatic amines is 1. The van der Waals surface area contributed by atoms with E-state index in [1.165, 1.54) is 4.57 Å². The third-order valence-corrected chi connectivity index (χ3v) is 8.44. The summed E-state index contributed by atoms with van der Waals surface area (Å²) in [7, 11) is 0. The second-order valence-corrected chi connectivity index (χ2v) is 12.3. The van der Waals surface area contributed by atoms with E-state index in [-0.39, 0.29) is 22.9 Å². The number of benzene rings is 2. The third-order valence-electron chi connectivity index (χ3n) is 8.17. The fourth-order valence-electron chi connectivity index (χ4n) is 5.71. The number of nitrogens with one attached hydrogen (secondary N) is 3. The maximum atomic E-state index is 15.2. The molecule has 9 N–H and O–H groups in total. The molecule has 14 heteroatoms. The number of aliphatic imine (C=N–C) groups is 1. The number of piperazine rings is 1. The first-order valence-electron chi connectivity index (χ1n) is 15.9. The quantitative estimate of drug-likeness (QED) is 0.0715. The lowest BCUT2D eigenvalue weighted by Crippen LogP contribution is -2.50. The summed E-state index contributed by atoms with van der Waals surface area (Å²) >= 11 is 6.26. The molecule has 0 spiro atoms. The van der Waals surface area contributed by atoms with Crippen molar-refractivity contribution in [1.82, 2.24) is 30.1 Å². The average molecular weight is 665 g/mol. The van der Waals surface area contributed by atoms with Gasteiger partial charge in [0.25, 0.3) is 0 Å². The van der Waals surface area contributed by atoms with Crippen molar-refractivity contribution in [1.29, 1.82) is 0 Å². The average Bonchev–Trinajstić information content (AvgIpc) is 3.46. The van der Waals surface area contributed by atoms with E-state index >= 15 is 4.39 Å². The van der Waals surface area contributed by atoms with E-state index < -0.39 is 17.5 Å². The lowest BCUT2D eigenvalue weighted by Gasteiger charge is -2.31. The second kappa shape index (κ2) is 15.5. The lowest BCUT2D eigenvalue weighted by atomic mass is 10.0. The van der Waals surface area contributed by atoms with E-state index in [2.05, 4.69) is 25.6 Å². The summed E-state index contributed by atoms with van der Waals surface area (Å²) in [5.74, 6) is -0.538. The highest BCUT2D eigenvalue weighted by Gasteiger charge is 2.26. The van der Waals surface area contributed by atoms with Crippen LogP contribution in [-0.2, 0) is 11.2 Å². The molecule has 4 aromatic rings. The van der Waals surface area contributed by atoms with Crippen molar-refractivity contribution < 1.29 is 9.18 Å². The molecule has 12 nitrogen and oxygen atoms in total. The lowest BCUT2D eigenvalue weighted by molar-refractivity contribution is -0.134. The zero-order valence-electron chi connectivity index (χ0n) is 26.4. The van der Waals surface area contributed by atoms with E-state index in [9.17, 15) is 9.59 Å². The number of amides is 1. The Morgan fingerprint density at radius 1 is 1.15 bits per heavy atom. The normalized spacial score (nSPS) is 14.7. The SMILES string of the molecule is C[C@H](N)CCCc1cc(Cl)c(F)c(-c2cc3cn(-c4ccc([C@@H](NCCCN=C(N)N)C(=O)N5CCNCC5)cc4)c(=O)nc3[nH]2)c1. The van der Waals surface area contributed by atoms with Crippen molar-refractivity contribution in [3.05, 3.63) is 81.1 Å². The topological polar surface area (TPSA) is 185 Å². The van der Waals surface area contributed by atoms with Gasteiger partial charge in [0.2, 0.25) is 5.91 Å². The van der Waals surface area contributed by atoms with Crippen molar-refractivity contribution in [2.45, 2.75) is 44.7 Å². The number of guanidine groups is 1. The highest BCUT2D eigenvalue weighted by molar-refractivity contribution is 6.31. The summed E-state index contributed by atoms with van der Waals surface area (Å²) in [4.78, 5) is 39.9. The fourth-order valence-corrected chi connectivity index (χ4v) is 5.96. The Morgan fingerprint density at radius 3 is 2.60 bits per heavy atom. The number of H-pyrrole nitrogens is 1. The summed E-state index contributed by atoms with van der Waals surface area (Å²) in [5.41, 5.74) is 19.6. The van der Waals surface area contributed by atoms with Gasteiger partial charge in [0.15, 0.2) is 11.8 Å². The Bertz CT molecular complexity index is 1780. The van der Waals surface area contributed by atoms with Gasteiger partial charge in [-0.15, -0.1) is 0 Å². The number of aryl methyl sites for hydroxylation is 1. The predicted octanol–water partition coefficient (Wildman–Crippen LogP) is 2.57. The summed E-state index contributed by atoms with van der Waals surface area (Å²) in [5, 5.41) is 7.28. The van der Waals surface area contributed by atoms with Crippen molar-refractivity contribution in [2.24, 2.45) is 22.2 Å². The maximum absolute atomic E-state index is 15.2. The number of carbonyl (C=O) groups excluding carboxylic acids is 1. The van der Waals surface area contributed by atoms with Gasteiger partial charge < -0.3 is 37.7 Å². The number of rotatable bonds is 13. The van der Waals surface area contributed by atoms with Crippen LogP contribution in [0.5, 0.6) is 0 Å². The van der Waals surface area contributed by atoms with Crippen molar-refractivity contribution in [3.63, 3.8) is 0 Å². The Hall–Kier alpha value is -4.30. The zero-order chi connectivity index (χ0) is 33.5.